The van der Waals surface area contributed by atoms with Crippen molar-refractivity contribution >= 4 is 27.5 Å². The van der Waals surface area contributed by atoms with Crippen LogP contribution in [0.1, 0.15) is 30.1 Å². The molecular weight excluding hydrogens is 335 g/mol. The highest BCUT2D eigenvalue weighted by atomic mass is 79.9. The van der Waals surface area contributed by atoms with Gasteiger partial charge in [-0.25, -0.2) is 4.39 Å². The molecule has 0 aliphatic carbocycles. The first kappa shape index (κ1) is 14.2. The molecule has 108 valence electrons. The van der Waals surface area contributed by atoms with Gasteiger partial charge in [0.15, 0.2) is 0 Å². The first-order valence-corrected chi connectivity index (χ1v) is 7.46. The van der Waals surface area contributed by atoms with Crippen molar-refractivity contribution in [1.82, 2.24) is 5.32 Å². The molecule has 2 unspecified atom stereocenters. The van der Waals surface area contributed by atoms with E-state index >= 15 is 0 Å². The maximum Gasteiger partial charge on any atom is 0.246 e. The van der Waals surface area contributed by atoms with E-state index in [1.54, 1.807) is 6.07 Å². The summed E-state index contributed by atoms with van der Waals surface area (Å²) < 4.78 is 14.4. The molecule has 0 radical (unpaired) electrons. The third-order valence-corrected chi connectivity index (χ3v) is 4.10. The molecule has 1 amide bonds. The maximum absolute atomic E-state index is 13.4. The zero-order valence-corrected chi connectivity index (χ0v) is 12.9. The van der Waals surface area contributed by atoms with Gasteiger partial charge in [0.2, 0.25) is 5.91 Å². The van der Waals surface area contributed by atoms with Crippen molar-refractivity contribution < 1.29 is 9.18 Å². The minimum Gasteiger partial charge on any atom is -0.324 e. The van der Waals surface area contributed by atoms with Gasteiger partial charge in [0, 0.05) is 21.8 Å². The first-order valence-electron chi connectivity index (χ1n) is 6.66. The van der Waals surface area contributed by atoms with E-state index in [0.29, 0.717) is 11.3 Å². The smallest absolute Gasteiger partial charge is 0.246 e. The van der Waals surface area contributed by atoms with Crippen LogP contribution in [0, 0.1) is 5.82 Å². The van der Waals surface area contributed by atoms with Gasteiger partial charge in [-0.3, -0.25) is 10.1 Å². The van der Waals surface area contributed by atoms with Gasteiger partial charge in [0.1, 0.15) is 11.9 Å². The van der Waals surface area contributed by atoms with E-state index in [9.17, 15) is 9.18 Å². The molecule has 1 heterocycles. The minimum atomic E-state index is -0.537. The topological polar surface area (TPSA) is 41.1 Å². The van der Waals surface area contributed by atoms with Crippen LogP contribution in [0.15, 0.2) is 46.9 Å². The number of fused-ring (bicyclic) bond motifs is 1. The molecule has 0 saturated heterocycles. The molecule has 0 spiro atoms. The van der Waals surface area contributed by atoms with Gasteiger partial charge in [-0.05, 0) is 42.8 Å². The molecule has 3 rings (SSSR count). The third-order valence-electron chi connectivity index (χ3n) is 3.61. The van der Waals surface area contributed by atoms with E-state index in [2.05, 4.69) is 26.6 Å². The minimum absolute atomic E-state index is 0.0348. The summed E-state index contributed by atoms with van der Waals surface area (Å²) in [6, 6.07) is 11.6. The van der Waals surface area contributed by atoms with Crippen molar-refractivity contribution in [3.05, 3.63) is 63.9 Å². The van der Waals surface area contributed by atoms with Gasteiger partial charge < -0.3 is 5.32 Å². The molecule has 0 aromatic heterocycles. The van der Waals surface area contributed by atoms with Crippen molar-refractivity contribution in [2.75, 3.05) is 5.32 Å². The van der Waals surface area contributed by atoms with Crippen LogP contribution in [0.4, 0.5) is 10.1 Å². The van der Waals surface area contributed by atoms with Crippen LogP contribution in [0.5, 0.6) is 0 Å². The summed E-state index contributed by atoms with van der Waals surface area (Å²) in [5.74, 6) is -0.496. The molecule has 0 bridgehead atoms. The number of amides is 1. The molecule has 1 aliphatic rings. The first-order chi connectivity index (χ1) is 10.0. The summed E-state index contributed by atoms with van der Waals surface area (Å²) in [7, 11) is 0. The Morgan fingerprint density at radius 2 is 2.10 bits per heavy atom. The molecular formula is C16H14BrFN2O. The van der Waals surface area contributed by atoms with E-state index in [-0.39, 0.29) is 17.8 Å². The Bertz CT molecular complexity index is 704. The van der Waals surface area contributed by atoms with E-state index in [4.69, 9.17) is 0 Å². The number of hydrogen-bond donors (Lipinski definition) is 2. The van der Waals surface area contributed by atoms with Crippen LogP contribution in [0.25, 0.3) is 0 Å². The highest BCUT2D eigenvalue weighted by molar-refractivity contribution is 9.10. The lowest BCUT2D eigenvalue weighted by molar-refractivity contribution is -0.117. The van der Waals surface area contributed by atoms with Crippen LogP contribution in [-0.4, -0.2) is 5.91 Å². The van der Waals surface area contributed by atoms with E-state index in [0.717, 1.165) is 10.0 Å². The summed E-state index contributed by atoms with van der Waals surface area (Å²) in [5, 5.41) is 6.02. The Balaban J connectivity index is 1.85. The normalized spacial score (nSPS) is 18.2. The number of benzene rings is 2. The Morgan fingerprint density at radius 1 is 1.29 bits per heavy atom. The number of hydrogen-bond acceptors (Lipinski definition) is 2. The molecule has 2 aromatic rings. The average molecular weight is 349 g/mol. The number of anilines is 1. The highest BCUT2D eigenvalue weighted by Gasteiger charge is 2.31. The molecule has 0 fully saturated rings. The van der Waals surface area contributed by atoms with Gasteiger partial charge in [-0.2, -0.15) is 0 Å². The van der Waals surface area contributed by atoms with Crippen LogP contribution in [0.2, 0.25) is 0 Å². The zero-order valence-electron chi connectivity index (χ0n) is 11.4. The highest BCUT2D eigenvalue weighted by Crippen LogP contribution is 2.33. The van der Waals surface area contributed by atoms with Crippen LogP contribution in [0.3, 0.4) is 0 Å². The molecule has 3 nitrogen and oxygen atoms in total. The van der Waals surface area contributed by atoms with Crippen molar-refractivity contribution in [1.29, 1.82) is 0 Å². The summed E-state index contributed by atoms with van der Waals surface area (Å²) in [6.45, 7) is 1.98. The van der Waals surface area contributed by atoms with Gasteiger partial charge in [0.25, 0.3) is 0 Å². The molecule has 1 aliphatic heterocycles. The van der Waals surface area contributed by atoms with Crippen LogP contribution in [-0.2, 0) is 4.79 Å². The lowest BCUT2D eigenvalue weighted by atomic mass is 10.0. The monoisotopic (exact) mass is 348 g/mol. The molecule has 2 N–H and O–H groups in total. The number of rotatable bonds is 3. The second-order valence-corrected chi connectivity index (χ2v) is 6.01. The quantitative estimate of drug-likeness (QED) is 0.882. The Hall–Kier alpha value is -1.72. The number of nitrogens with one attached hydrogen (secondary N) is 2. The van der Waals surface area contributed by atoms with Gasteiger partial charge in [-0.15, -0.1) is 0 Å². The fraction of sp³-hybridized carbons (Fsp3) is 0.188. The SMILES string of the molecule is CC(NC1C(=O)Nc2ccc(F)cc21)c1cccc(Br)c1. The van der Waals surface area contributed by atoms with E-state index in [1.807, 2.05) is 31.2 Å². The predicted octanol–water partition coefficient (Wildman–Crippen LogP) is 3.93. The van der Waals surface area contributed by atoms with Crippen molar-refractivity contribution in [3.63, 3.8) is 0 Å². The van der Waals surface area contributed by atoms with Crippen LogP contribution < -0.4 is 10.6 Å². The zero-order chi connectivity index (χ0) is 15.0. The second kappa shape index (κ2) is 5.58. The molecule has 2 atom stereocenters. The molecule has 21 heavy (non-hydrogen) atoms. The number of carbonyl (C=O) groups excluding carboxylic acids is 1. The summed E-state index contributed by atoms with van der Waals surface area (Å²) in [6.07, 6.45) is 0. The summed E-state index contributed by atoms with van der Waals surface area (Å²) >= 11 is 3.43. The Morgan fingerprint density at radius 3 is 2.86 bits per heavy atom. The molecule has 0 saturated carbocycles. The van der Waals surface area contributed by atoms with Crippen LogP contribution >= 0.6 is 15.9 Å². The second-order valence-electron chi connectivity index (χ2n) is 5.10. The Kier molecular flexibility index (Phi) is 3.78. The molecule has 5 heteroatoms. The summed E-state index contributed by atoms with van der Waals surface area (Å²) in [5.41, 5.74) is 2.38. The average Bonchev–Trinajstić information content (AvgIpc) is 2.75. The lowest BCUT2D eigenvalue weighted by Gasteiger charge is -2.19. The largest absolute Gasteiger partial charge is 0.324 e. The number of halogens is 2. The Labute approximate surface area is 130 Å². The lowest BCUT2D eigenvalue weighted by Crippen LogP contribution is -2.29. The van der Waals surface area contributed by atoms with Crippen molar-refractivity contribution in [2.45, 2.75) is 19.0 Å². The van der Waals surface area contributed by atoms with E-state index < -0.39 is 6.04 Å². The van der Waals surface area contributed by atoms with Gasteiger partial charge >= 0.3 is 0 Å². The standard InChI is InChI=1S/C16H14BrFN2O/c1-9(10-3-2-4-11(17)7-10)19-15-13-8-12(18)5-6-14(13)20-16(15)21/h2-9,15,19H,1H3,(H,20,21). The summed E-state index contributed by atoms with van der Waals surface area (Å²) in [4.78, 5) is 12.1. The van der Waals surface area contributed by atoms with Gasteiger partial charge in [0.05, 0.1) is 0 Å². The fourth-order valence-electron chi connectivity index (χ4n) is 2.52. The van der Waals surface area contributed by atoms with Crippen molar-refractivity contribution in [3.8, 4) is 0 Å². The molecule has 2 aromatic carbocycles. The van der Waals surface area contributed by atoms with Crippen molar-refractivity contribution in [2.24, 2.45) is 0 Å². The fourth-order valence-corrected chi connectivity index (χ4v) is 2.94. The van der Waals surface area contributed by atoms with E-state index in [1.165, 1.54) is 12.1 Å². The predicted molar refractivity (Wildman–Crippen MR) is 83.5 cm³/mol. The third kappa shape index (κ3) is 2.84. The van der Waals surface area contributed by atoms with Gasteiger partial charge in [-0.1, -0.05) is 28.1 Å². The number of carbonyl (C=O) groups is 1. The maximum atomic E-state index is 13.4.